The molecule has 1 fully saturated rings. The van der Waals surface area contributed by atoms with Crippen molar-refractivity contribution < 1.29 is 0 Å². The van der Waals surface area contributed by atoms with E-state index < -0.39 is 0 Å². The van der Waals surface area contributed by atoms with Crippen molar-refractivity contribution in [1.29, 1.82) is 0 Å². The minimum absolute atomic E-state index is 0.539. The molecule has 3 rings (SSSR count). The summed E-state index contributed by atoms with van der Waals surface area (Å²) in [5.41, 5.74) is 8.84. The lowest BCUT2D eigenvalue weighted by molar-refractivity contribution is 0.213. The third-order valence-electron chi connectivity index (χ3n) is 3.85. The van der Waals surface area contributed by atoms with Crippen molar-refractivity contribution in [3.8, 4) is 0 Å². The van der Waals surface area contributed by atoms with Gasteiger partial charge < -0.3 is 15.2 Å². The number of aryl methyl sites for hydroxylation is 1. The Bertz CT molecular complexity index is 572. The van der Waals surface area contributed by atoms with Gasteiger partial charge >= 0.3 is 0 Å². The van der Waals surface area contributed by atoms with Crippen molar-refractivity contribution in [1.82, 2.24) is 14.5 Å². The average Bonchev–Trinajstić information content (AvgIpc) is 2.64. The van der Waals surface area contributed by atoms with E-state index in [2.05, 4.69) is 34.5 Å². The molecule has 2 heterocycles. The Morgan fingerprint density at radius 2 is 2.22 bits per heavy atom. The molecule has 4 nitrogen and oxygen atoms in total. The predicted octanol–water partition coefficient (Wildman–Crippen LogP) is 2.19. The smallest absolute Gasteiger partial charge is 0.107 e. The number of aromatic nitrogens is 2. The highest BCUT2D eigenvalue weighted by molar-refractivity contribution is 5.79. The third-order valence-corrected chi connectivity index (χ3v) is 3.85. The van der Waals surface area contributed by atoms with E-state index in [9.17, 15) is 0 Å². The second kappa shape index (κ2) is 4.28. The molecule has 96 valence electrons. The molecule has 1 aromatic carbocycles. The van der Waals surface area contributed by atoms with Gasteiger partial charge in [-0.2, -0.15) is 0 Å². The summed E-state index contributed by atoms with van der Waals surface area (Å²) in [6, 6.07) is 6.56. The Morgan fingerprint density at radius 3 is 3.00 bits per heavy atom. The molecule has 0 aliphatic carbocycles. The van der Waals surface area contributed by atoms with Crippen LogP contribution in [0.25, 0.3) is 11.0 Å². The summed E-state index contributed by atoms with van der Waals surface area (Å²) >= 11 is 0. The second-order valence-electron chi connectivity index (χ2n) is 5.34. The molecule has 0 bridgehead atoms. The van der Waals surface area contributed by atoms with Crippen LogP contribution in [-0.2, 0) is 0 Å². The lowest BCUT2D eigenvalue weighted by atomic mass is 10.1. The molecule has 2 aromatic rings. The number of imidazole rings is 1. The minimum atomic E-state index is 0.539. The van der Waals surface area contributed by atoms with Crippen molar-refractivity contribution in [2.45, 2.75) is 25.8 Å². The molecule has 2 N–H and O–H groups in total. The molecular weight excluding hydrogens is 224 g/mol. The van der Waals surface area contributed by atoms with Gasteiger partial charge in [0.15, 0.2) is 0 Å². The van der Waals surface area contributed by atoms with Crippen LogP contribution in [0.4, 0.5) is 5.69 Å². The largest absolute Gasteiger partial charge is 0.399 e. The number of anilines is 1. The third kappa shape index (κ3) is 1.86. The fourth-order valence-electron chi connectivity index (χ4n) is 3.05. The first-order valence-corrected chi connectivity index (χ1v) is 6.58. The molecule has 0 radical (unpaired) electrons. The van der Waals surface area contributed by atoms with Gasteiger partial charge in [0.1, 0.15) is 5.82 Å². The van der Waals surface area contributed by atoms with E-state index in [0.717, 1.165) is 23.6 Å². The van der Waals surface area contributed by atoms with Crippen LogP contribution in [0, 0.1) is 6.92 Å². The Morgan fingerprint density at radius 1 is 1.39 bits per heavy atom. The highest BCUT2D eigenvalue weighted by atomic mass is 15.2. The standard InChI is InChI=1S/C14H20N4/c1-10-16-13-8-11(15)5-6-14(13)18(10)12-4-3-7-17(2)9-12/h5-6,8,12H,3-4,7,9,15H2,1-2H3. The molecule has 1 atom stereocenters. The predicted molar refractivity (Wildman–Crippen MR) is 74.7 cm³/mol. The Labute approximate surface area is 107 Å². The van der Waals surface area contributed by atoms with Crippen LogP contribution in [0.2, 0.25) is 0 Å². The molecule has 1 unspecified atom stereocenters. The van der Waals surface area contributed by atoms with Crippen LogP contribution in [0.3, 0.4) is 0 Å². The number of likely N-dealkylation sites (N-methyl/N-ethyl adjacent to an activating group) is 1. The quantitative estimate of drug-likeness (QED) is 0.782. The number of piperidine rings is 1. The van der Waals surface area contributed by atoms with Crippen LogP contribution in [0.15, 0.2) is 18.2 Å². The fraction of sp³-hybridized carbons (Fsp3) is 0.500. The fourth-order valence-corrected chi connectivity index (χ4v) is 3.05. The first kappa shape index (κ1) is 11.5. The number of rotatable bonds is 1. The molecule has 18 heavy (non-hydrogen) atoms. The van der Waals surface area contributed by atoms with Crippen LogP contribution in [-0.4, -0.2) is 34.6 Å². The molecule has 1 aromatic heterocycles. The summed E-state index contributed by atoms with van der Waals surface area (Å²) in [7, 11) is 2.19. The molecule has 4 heteroatoms. The first-order valence-electron chi connectivity index (χ1n) is 6.58. The second-order valence-corrected chi connectivity index (χ2v) is 5.34. The van der Waals surface area contributed by atoms with E-state index in [1.165, 1.54) is 24.9 Å². The molecule has 0 amide bonds. The SMILES string of the molecule is Cc1nc2cc(N)ccc2n1C1CCCN(C)C1. The Hall–Kier alpha value is -1.55. The lowest BCUT2D eigenvalue weighted by Gasteiger charge is -2.31. The van der Waals surface area contributed by atoms with Crippen molar-refractivity contribution in [3.05, 3.63) is 24.0 Å². The van der Waals surface area contributed by atoms with E-state index in [1.807, 2.05) is 12.1 Å². The topological polar surface area (TPSA) is 47.1 Å². The summed E-state index contributed by atoms with van der Waals surface area (Å²) < 4.78 is 2.38. The summed E-state index contributed by atoms with van der Waals surface area (Å²) in [5, 5.41) is 0. The number of nitrogens with two attached hydrogens (primary N) is 1. The van der Waals surface area contributed by atoms with Crippen LogP contribution >= 0.6 is 0 Å². The van der Waals surface area contributed by atoms with Gasteiger partial charge in [-0.05, 0) is 51.6 Å². The summed E-state index contributed by atoms with van der Waals surface area (Å²) in [6.45, 7) is 4.40. The number of nitrogens with zero attached hydrogens (tertiary/aromatic N) is 3. The maximum absolute atomic E-state index is 5.83. The molecule has 1 aliphatic rings. The number of benzene rings is 1. The van der Waals surface area contributed by atoms with Crippen molar-refractivity contribution in [3.63, 3.8) is 0 Å². The average molecular weight is 244 g/mol. The molecule has 1 saturated heterocycles. The highest BCUT2D eigenvalue weighted by Crippen LogP contribution is 2.28. The maximum atomic E-state index is 5.83. The van der Waals surface area contributed by atoms with Crippen LogP contribution in [0.1, 0.15) is 24.7 Å². The van der Waals surface area contributed by atoms with E-state index in [4.69, 9.17) is 5.73 Å². The van der Waals surface area contributed by atoms with E-state index >= 15 is 0 Å². The molecule has 0 spiro atoms. The Kier molecular flexibility index (Phi) is 2.74. The first-order chi connectivity index (χ1) is 8.65. The van der Waals surface area contributed by atoms with Gasteiger partial charge in [-0.15, -0.1) is 0 Å². The van der Waals surface area contributed by atoms with E-state index in [0.29, 0.717) is 6.04 Å². The molecular formula is C14H20N4. The zero-order valence-electron chi connectivity index (χ0n) is 11.1. The van der Waals surface area contributed by atoms with E-state index in [1.54, 1.807) is 0 Å². The van der Waals surface area contributed by atoms with Gasteiger partial charge in [0, 0.05) is 18.3 Å². The Balaban J connectivity index is 2.07. The zero-order valence-corrected chi connectivity index (χ0v) is 11.1. The van der Waals surface area contributed by atoms with Gasteiger partial charge in [0.25, 0.3) is 0 Å². The number of fused-ring (bicyclic) bond motifs is 1. The van der Waals surface area contributed by atoms with Gasteiger partial charge in [-0.3, -0.25) is 0 Å². The summed E-state index contributed by atoms with van der Waals surface area (Å²) in [5.74, 6) is 1.09. The molecule has 0 saturated carbocycles. The van der Waals surface area contributed by atoms with Crippen molar-refractivity contribution in [2.75, 3.05) is 25.9 Å². The van der Waals surface area contributed by atoms with Crippen LogP contribution in [0.5, 0.6) is 0 Å². The van der Waals surface area contributed by atoms with Gasteiger partial charge in [-0.25, -0.2) is 4.98 Å². The summed E-state index contributed by atoms with van der Waals surface area (Å²) in [6.07, 6.45) is 2.50. The highest BCUT2D eigenvalue weighted by Gasteiger charge is 2.22. The van der Waals surface area contributed by atoms with Crippen molar-refractivity contribution in [2.24, 2.45) is 0 Å². The minimum Gasteiger partial charge on any atom is -0.399 e. The number of nitrogen functional groups attached to an aromatic ring is 1. The zero-order chi connectivity index (χ0) is 12.7. The van der Waals surface area contributed by atoms with Gasteiger partial charge in [0.2, 0.25) is 0 Å². The number of hydrogen-bond acceptors (Lipinski definition) is 3. The monoisotopic (exact) mass is 244 g/mol. The number of hydrogen-bond donors (Lipinski definition) is 1. The normalized spacial score (nSPS) is 21.6. The van der Waals surface area contributed by atoms with E-state index in [-0.39, 0.29) is 0 Å². The van der Waals surface area contributed by atoms with Crippen molar-refractivity contribution >= 4 is 16.7 Å². The maximum Gasteiger partial charge on any atom is 0.107 e. The van der Waals surface area contributed by atoms with Gasteiger partial charge in [0.05, 0.1) is 11.0 Å². The lowest BCUT2D eigenvalue weighted by Crippen LogP contribution is -2.33. The summed E-state index contributed by atoms with van der Waals surface area (Å²) in [4.78, 5) is 7.04. The van der Waals surface area contributed by atoms with Crippen LogP contribution < -0.4 is 5.73 Å². The molecule has 1 aliphatic heterocycles. The van der Waals surface area contributed by atoms with Gasteiger partial charge in [-0.1, -0.05) is 0 Å². The number of likely N-dealkylation sites (tertiary alicyclic amines) is 1.